The molecule has 1 N–H and O–H groups in total. The molecule has 4 heteroatoms. The van der Waals surface area contributed by atoms with Crippen LogP contribution < -0.4 is 14.6 Å². The Balaban J connectivity index is 1.37. The lowest BCUT2D eigenvalue weighted by atomic mass is 9.85. The fourth-order valence-electron chi connectivity index (χ4n) is 5.73. The van der Waals surface area contributed by atoms with Crippen molar-refractivity contribution in [3.05, 3.63) is 89.7 Å². The largest absolute Gasteiger partial charge is 0.493 e. The molecule has 44 heavy (non-hydrogen) atoms. The number of unbranched alkanes of at least 4 members (excludes halogenated alkanes) is 13. The zero-order valence-electron chi connectivity index (χ0n) is 28.2. The van der Waals surface area contributed by atoms with Crippen LogP contribution in [0.4, 0.5) is 5.69 Å². The molecule has 0 unspecified atom stereocenters. The Kier molecular flexibility index (Phi) is 16.1. The Bertz CT molecular complexity index is 1200. The van der Waals surface area contributed by atoms with E-state index in [4.69, 9.17) is 4.74 Å². The van der Waals surface area contributed by atoms with Gasteiger partial charge in [-0.15, -0.1) is 0 Å². The highest BCUT2D eigenvalue weighted by Crippen LogP contribution is 2.32. The highest BCUT2D eigenvalue weighted by Gasteiger charge is 2.20. The molecule has 0 saturated heterocycles. The first-order chi connectivity index (χ1) is 21.3. The Morgan fingerprint density at radius 1 is 0.705 bits per heavy atom. The van der Waals surface area contributed by atoms with Crippen molar-refractivity contribution < 1.29 is 14.1 Å². The Hall–Kier alpha value is -3.14. The van der Waals surface area contributed by atoms with E-state index in [0.717, 1.165) is 36.6 Å². The third kappa shape index (κ3) is 14.1. The Labute approximate surface area is 268 Å². The maximum absolute atomic E-state index is 12.9. The van der Waals surface area contributed by atoms with Gasteiger partial charge in [-0.05, 0) is 41.2 Å². The van der Waals surface area contributed by atoms with E-state index in [9.17, 15) is 4.79 Å². The molecule has 1 aromatic heterocycles. The maximum Gasteiger partial charge on any atom is 0.228 e. The van der Waals surface area contributed by atoms with Crippen molar-refractivity contribution in [1.82, 2.24) is 0 Å². The van der Waals surface area contributed by atoms with Gasteiger partial charge in [-0.3, -0.25) is 4.79 Å². The number of hydrogen-bond acceptors (Lipinski definition) is 2. The summed E-state index contributed by atoms with van der Waals surface area (Å²) in [5.74, 6) is 0.900. The fraction of sp³-hybridized carbons (Fsp3) is 0.550. The van der Waals surface area contributed by atoms with E-state index < -0.39 is 0 Å². The molecular formula is C40H59N2O2+. The molecule has 0 saturated carbocycles. The summed E-state index contributed by atoms with van der Waals surface area (Å²) in [5, 5.41) is 3.06. The Morgan fingerprint density at radius 3 is 1.82 bits per heavy atom. The SMILES string of the molecule is CCCCCCCCCCCCCCCCOc1cc(CC(=O)Nc2ccc(C[n+]3ccccc3)cc2)ccc1C(C)(C)C. The molecule has 0 radical (unpaired) electrons. The topological polar surface area (TPSA) is 42.2 Å². The van der Waals surface area contributed by atoms with Crippen LogP contribution >= 0.6 is 0 Å². The minimum absolute atomic E-state index is 0.0170. The molecular weight excluding hydrogens is 540 g/mol. The van der Waals surface area contributed by atoms with E-state index in [1.807, 2.05) is 30.3 Å². The number of nitrogens with one attached hydrogen (secondary N) is 1. The first kappa shape index (κ1) is 35.3. The van der Waals surface area contributed by atoms with Crippen molar-refractivity contribution in [2.45, 2.75) is 136 Å². The van der Waals surface area contributed by atoms with Crippen molar-refractivity contribution in [3.63, 3.8) is 0 Å². The van der Waals surface area contributed by atoms with E-state index >= 15 is 0 Å². The molecule has 4 nitrogen and oxygen atoms in total. The molecule has 0 spiro atoms. The third-order valence-electron chi connectivity index (χ3n) is 8.35. The third-order valence-corrected chi connectivity index (χ3v) is 8.35. The summed E-state index contributed by atoms with van der Waals surface area (Å²) in [7, 11) is 0. The summed E-state index contributed by atoms with van der Waals surface area (Å²) < 4.78 is 8.47. The lowest BCUT2D eigenvalue weighted by Gasteiger charge is -2.23. The molecule has 2 aromatic carbocycles. The van der Waals surface area contributed by atoms with Crippen molar-refractivity contribution in [2.75, 3.05) is 11.9 Å². The van der Waals surface area contributed by atoms with Crippen LogP contribution in [0.1, 0.15) is 134 Å². The van der Waals surface area contributed by atoms with E-state index in [0.29, 0.717) is 6.42 Å². The summed E-state index contributed by atoms with van der Waals surface area (Å²) in [6, 6.07) is 20.4. The van der Waals surface area contributed by atoms with E-state index in [1.165, 1.54) is 94.6 Å². The predicted molar refractivity (Wildman–Crippen MR) is 185 cm³/mol. The van der Waals surface area contributed by atoms with Gasteiger partial charge in [-0.25, -0.2) is 4.57 Å². The fourth-order valence-corrected chi connectivity index (χ4v) is 5.73. The monoisotopic (exact) mass is 599 g/mol. The van der Waals surface area contributed by atoms with Crippen molar-refractivity contribution in [2.24, 2.45) is 0 Å². The minimum atomic E-state index is -0.0224. The molecule has 1 amide bonds. The molecule has 0 aliphatic carbocycles. The molecule has 0 aliphatic heterocycles. The van der Waals surface area contributed by atoms with Gasteiger partial charge < -0.3 is 10.1 Å². The van der Waals surface area contributed by atoms with Crippen LogP contribution in [0.15, 0.2) is 73.1 Å². The molecule has 3 rings (SSSR count). The normalized spacial score (nSPS) is 11.5. The maximum atomic E-state index is 12.9. The second-order valence-corrected chi connectivity index (χ2v) is 13.5. The average Bonchev–Trinajstić information content (AvgIpc) is 3.00. The number of rotatable bonds is 21. The standard InChI is InChI=1S/C40H58N2O2/c1-5-6-7-8-9-10-11-12-13-14-15-16-17-21-30-44-38-31-35(24-27-37(38)40(2,3)4)32-39(43)41-36-25-22-34(23-26-36)33-42-28-19-18-20-29-42/h18-20,22-29,31H,5-17,21,30,32-33H2,1-4H3/p+1. The van der Waals surface area contributed by atoms with Gasteiger partial charge in [0.05, 0.1) is 13.0 Å². The van der Waals surface area contributed by atoms with Gasteiger partial charge in [0.15, 0.2) is 18.9 Å². The predicted octanol–water partition coefficient (Wildman–Crippen LogP) is 10.4. The highest BCUT2D eigenvalue weighted by molar-refractivity contribution is 5.92. The first-order valence-electron chi connectivity index (χ1n) is 17.4. The van der Waals surface area contributed by atoms with Crippen molar-refractivity contribution in [3.8, 4) is 5.75 Å². The van der Waals surface area contributed by atoms with Gasteiger partial charge in [-0.2, -0.15) is 0 Å². The lowest BCUT2D eigenvalue weighted by Crippen LogP contribution is -2.32. The molecule has 0 aliphatic rings. The van der Waals surface area contributed by atoms with Crippen LogP contribution in [0.2, 0.25) is 0 Å². The van der Waals surface area contributed by atoms with Crippen molar-refractivity contribution in [1.29, 1.82) is 0 Å². The molecule has 240 valence electrons. The molecule has 3 aromatic rings. The first-order valence-corrected chi connectivity index (χ1v) is 17.4. The second-order valence-electron chi connectivity index (χ2n) is 13.5. The van der Waals surface area contributed by atoms with Gasteiger partial charge in [-0.1, -0.05) is 141 Å². The van der Waals surface area contributed by atoms with Gasteiger partial charge in [0.25, 0.3) is 0 Å². The number of benzene rings is 2. The number of pyridine rings is 1. The number of aromatic nitrogens is 1. The summed E-state index contributed by atoms with van der Waals surface area (Å²) in [6.07, 6.45) is 23.4. The summed E-state index contributed by atoms with van der Waals surface area (Å²) >= 11 is 0. The van der Waals surface area contributed by atoms with Gasteiger partial charge >= 0.3 is 0 Å². The number of anilines is 1. The summed E-state index contributed by atoms with van der Waals surface area (Å²) in [5.41, 5.74) is 4.16. The Morgan fingerprint density at radius 2 is 1.25 bits per heavy atom. The lowest BCUT2D eigenvalue weighted by molar-refractivity contribution is -0.688. The number of ether oxygens (including phenoxy) is 1. The number of carbonyl (C=O) groups excluding carboxylic acids is 1. The average molecular weight is 600 g/mol. The molecule has 0 atom stereocenters. The van der Waals surface area contributed by atoms with Gasteiger partial charge in [0.2, 0.25) is 5.91 Å². The van der Waals surface area contributed by atoms with Crippen LogP contribution in [0, 0.1) is 0 Å². The molecule has 1 heterocycles. The van der Waals surface area contributed by atoms with Crippen LogP contribution in [-0.4, -0.2) is 12.5 Å². The zero-order valence-corrected chi connectivity index (χ0v) is 28.2. The van der Waals surface area contributed by atoms with E-state index in [1.54, 1.807) is 0 Å². The van der Waals surface area contributed by atoms with Crippen LogP contribution in [0.25, 0.3) is 0 Å². The highest BCUT2D eigenvalue weighted by atomic mass is 16.5. The van der Waals surface area contributed by atoms with E-state index in [-0.39, 0.29) is 11.3 Å². The number of hydrogen-bond donors (Lipinski definition) is 1. The van der Waals surface area contributed by atoms with Crippen molar-refractivity contribution >= 4 is 11.6 Å². The van der Waals surface area contributed by atoms with Crippen LogP contribution in [-0.2, 0) is 23.2 Å². The number of carbonyl (C=O) groups is 1. The minimum Gasteiger partial charge on any atom is -0.493 e. The smallest absolute Gasteiger partial charge is 0.228 e. The number of nitrogens with zero attached hydrogens (tertiary/aromatic N) is 1. The second kappa shape index (κ2) is 20.0. The van der Waals surface area contributed by atoms with Crippen LogP contribution in [0.5, 0.6) is 5.75 Å². The summed E-state index contributed by atoms with van der Waals surface area (Å²) in [4.78, 5) is 12.9. The van der Waals surface area contributed by atoms with E-state index in [2.05, 4.69) is 80.3 Å². The van der Waals surface area contributed by atoms with Crippen LogP contribution in [0.3, 0.4) is 0 Å². The van der Waals surface area contributed by atoms with Gasteiger partial charge in [0, 0.05) is 23.4 Å². The van der Waals surface area contributed by atoms with Gasteiger partial charge in [0.1, 0.15) is 5.75 Å². The quantitative estimate of drug-likeness (QED) is 0.0978. The summed E-state index contributed by atoms with van der Waals surface area (Å²) in [6.45, 7) is 10.5. The molecule has 0 bridgehead atoms. The zero-order chi connectivity index (χ0) is 31.5. The molecule has 0 fully saturated rings. The number of amides is 1.